The lowest BCUT2D eigenvalue weighted by Gasteiger charge is -2.05. The molecule has 0 radical (unpaired) electrons. The van der Waals surface area contributed by atoms with Gasteiger partial charge in [-0.05, 0) is 49.9 Å². The average molecular weight is 192 g/mol. The largest absolute Gasteiger partial charge is 0.294 e. The molecule has 0 saturated heterocycles. The molecule has 0 heterocycles. The highest BCUT2D eigenvalue weighted by Crippen LogP contribution is 2.33. The molecule has 0 amide bonds. The fourth-order valence-corrected chi connectivity index (χ4v) is 1.67. The van der Waals surface area contributed by atoms with Crippen molar-refractivity contribution in [2.75, 3.05) is 0 Å². The quantitative estimate of drug-likeness (QED) is 0.658. The van der Waals surface area contributed by atoms with Crippen LogP contribution in [0.5, 0.6) is 0 Å². The Hall–Kier alpha value is -1.18. The van der Waals surface area contributed by atoms with Crippen molar-refractivity contribution in [3.8, 4) is 0 Å². The van der Waals surface area contributed by atoms with Gasteiger partial charge in [-0.2, -0.15) is 0 Å². The summed E-state index contributed by atoms with van der Waals surface area (Å²) in [6, 6.07) is 3.31. The number of carbonyl (C=O) groups is 1. The molecule has 1 aliphatic rings. The van der Waals surface area contributed by atoms with Crippen LogP contribution in [-0.2, 0) is 0 Å². The van der Waals surface area contributed by atoms with Crippen molar-refractivity contribution in [3.05, 3.63) is 34.6 Å². The Morgan fingerprint density at radius 2 is 1.79 bits per heavy atom. The number of Topliss-reactive ketones (excluding diaryl/α,β-unsaturated/α-hetero) is 1. The van der Waals surface area contributed by atoms with E-state index in [2.05, 4.69) is 0 Å². The summed E-state index contributed by atoms with van der Waals surface area (Å²) in [5.41, 5.74) is 1.80. The summed E-state index contributed by atoms with van der Waals surface area (Å²) in [7, 11) is 0. The molecule has 0 N–H and O–H groups in total. The summed E-state index contributed by atoms with van der Waals surface area (Å²) in [6.07, 6.45) is 1.99. The van der Waals surface area contributed by atoms with Gasteiger partial charge in [0.2, 0.25) is 0 Å². The fourth-order valence-electron chi connectivity index (χ4n) is 1.67. The molecular weight excluding hydrogens is 179 g/mol. The number of hydrogen-bond donors (Lipinski definition) is 0. The zero-order valence-corrected chi connectivity index (χ0v) is 8.43. The Labute approximate surface area is 82.9 Å². The fraction of sp³-hybridized carbons (Fsp3) is 0.417. The molecule has 1 aromatic rings. The van der Waals surface area contributed by atoms with Gasteiger partial charge in [-0.1, -0.05) is 0 Å². The van der Waals surface area contributed by atoms with Gasteiger partial charge >= 0.3 is 0 Å². The summed E-state index contributed by atoms with van der Waals surface area (Å²) in [5.74, 6) is 0.188. The number of halogens is 1. The topological polar surface area (TPSA) is 17.1 Å². The smallest absolute Gasteiger partial charge is 0.165 e. The van der Waals surface area contributed by atoms with Crippen molar-refractivity contribution in [1.29, 1.82) is 0 Å². The first kappa shape index (κ1) is 9.38. The van der Waals surface area contributed by atoms with Crippen LogP contribution in [-0.4, -0.2) is 5.78 Å². The zero-order valence-electron chi connectivity index (χ0n) is 8.43. The summed E-state index contributed by atoms with van der Waals surface area (Å²) >= 11 is 0. The Morgan fingerprint density at radius 1 is 1.29 bits per heavy atom. The molecule has 0 atom stereocenters. The Balaban J connectivity index is 2.39. The van der Waals surface area contributed by atoms with Crippen LogP contribution in [0.25, 0.3) is 0 Å². The van der Waals surface area contributed by atoms with Crippen LogP contribution in [0.1, 0.15) is 34.3 Å². The lowest BCUT2D eigenvalue weighted by atomic mass is 10.0. The molecule has 14 heavy (non-hydrogen) atoms. The van der Waals surface area contributed by atoms with E-state index in [-0.39, 0.29) is 17.5 Å². The van der Waals surface area contributed by atoms with Crippen LogP contribution >= 0.6 is 0 Å². The summed E-state index contributed by atoms with van der Waals surface area (Å²) < 4.78 is 13.3. The SMILES string of the molecule is Cc1cc(C(=O)C2CC2)cc(C)c1F. The van der Waals surface area contributed by atoms with Crippen LogP contribution in [0.2, 0.25) is 0 Å². The van der Waals surface area contributed by atoms with E-state index in [1.807, 2.05) is 0 Å². The van der Waals surface area contributed by atoms with Crippen molar-refractivity contribution in [2.24, 2.45) is 5.92 Å². The van der Waals surface area contributed by atoms with Gasteiger partial charge < -0.3 is 0 Å². The van der Waals surface area contributed by atoms with Crippen molar-refractivity contribution in [1.82, 2.24) is 0 Å². The molecule has 0 aliphatic heterocycles. The first-order chi connectivity index (χ1) is 6.59. The molecule has 2 rings (SSSR count). The third kappa shape index (κ3) is 1.57. The van der Waals surface area contributed by atoms with E-state index >= 15 is 0 Å². The number of carbonyl (C=O) groups excluding carboxylic acids is 1. The van der Waals surface area contributed by atoms with E-state index in [0.29, 0.717) is 16.7 Å². The highest BCUT2D eigenvalue weighted by molar-refractivity contribution is 5.99. The number of hydrogen-bond acceptors (Lipinski definition) is 1. The molecule has 0 aromatic heterocycles. The van der Waals surface area contributed by atoms with Crippen LogP contribution < -0.4 is 0 Å². The molecular formula is C12H13FO. The monoisotopic (exact) mass is 192 g/mol. The van der Waals surface area contributed by atoms with E-state index in [4.69, 9.17) is 0 Å². The van der Waals surface area contributed by atoms with Crippen molar-refractivity contribution < 1.29 is 9.18 Å². The van der Waals surface area contributed by atoms with E-state index in [0.717, 1.165) is 12.8 Å². The Bertz CT molecular complexity index is 368. The van der Waals surface area contributed by atoms with Crippen molar-refractivity contribution in [2.45, 2.75) is 26.7 Å². The second kappa shape index (κ2) is 3.19. The standard InChI is InChI=1S/C12H13FO/c1-7-5-10(6-8(2)11(7)13)12(14)9-3-4-9/h5-6,9H,3-4H2,1-2H3. The van der Waals surface area contributed by atoms with Crippen molar-refractivity contribution >= 4 is 5.78 Å². The minimum Gasteiger partial charge on any atom is -0.294 e. The van der Waals surface area contributed by atoms with Crippen molar-refractivity contribution in [3.63, 3.8) is 0 Å². The first-order valence-electron chi connectivity index (χ1n) is 4.90. The number of aryl methyl sites for hydroxylation is 2. The average Bonchev–Trinajstić information content (AvgIpc) is 2.95. The summed E-state index contributed by atoms with van der Waals surface area (Å²) in [5, 5.41) is 0. The Kier molecular flexibility index (Phi) is 2.14. The second-order valence-electron chi connectivity index (χ2n) is 4.06. The molecule has 1 fully saturated rings. The number of rotatable bonds is 2. The molecule has 1 aliphatic carbocycles. The highest BCUT2D eigenvalue weighted by Gasteiger charge is 2.30. The predicted molar refractivity (Wildman–Crippen MR) is 52.9 cm³/mol. The van der Waals surface area contributed by atoms with Gasteiger partial charge in [0.25, 0.3) is 0 Å². The summed E-state index contributed by atoms with van der Waals surface area (Å²) in [6.45, 7) is 3.40. The zero-order chi connectivity index (χ0) is 10.3. The van der Waals surface area contributed by atoms with Gasteiger partial charge in [-0.15, -0.1) is 0 Å². The van der Waals surface area contributed by atoms with Gasteiger partial charge in [-0.25, -0.2) is 4.39 Å². The molecule has 1 aromatic carbocycles. The number of benzene rings is 1. The minimum atomic E-state index is -0.197. The lowest BCUT2D eigenvalue weighted by molar-refractivity contribution is 0.0967. The highest BCUT2D eigenvalue weighted by atomic mass is 19.1. The van der Waals surface area contributed by atoms with E-state index < -0.39 is 0 Å². The van der Waals surface area contributed by atoms with Crippen LogP contribution in [0.15, 0.2) is 12.1 Å². The maximum Gasteiger partial charge on any atom is 0.165 e. The minimum absolute atomic E-state index is 0.177. The van der Waals surface area contributed by atoms with Gasteiger partial charge in [0.15, 0.2) is 5.78 Å². The second-order valence-corrected chi connectivity index (χ2v) is 4.06. The van der Waals surface area contributed by atoms with Gasteiger partial charge in [-0.3, -0.25) is 4.79 Å². The summed E-state index contributed by atoms with van der Waals surface area (Å²) in [4.78, 5) is 11.7. The number of ketones is 1. The molecule has 0 bridgehead atoms. The molecule has 74 valence electrons. The normalized spacial score (nSPS) is 15.6. The van der Waals surface area contributed by atoms with Crippen LogP contribution in [0.3, 0.4) is 0 Å². The van der Waals surface area contributed by atoms with Gasteiger partial charge in [0.1, 0.15) is 5.82 Å². The van der Waals surface area contributed by atoms with E-state index in [1.54, 1.807) is 26.0 Å². The van der Waals surface area contributed by atoms with Gasteiger partial charge in [0.05, 0.1) is 0 Å². The molecule has 0 unspecified atom stereocenters. The maximum atomic E-state index is 13.3. The maximum absolute atomic E-state index is 13.3. The van der Waals surface area contributed by atoms with Crippen LogP contribution in [0, 0.1) is 25.6 Å². The Morgan fingerprint density at radius 3 is 2.21 bits per heavy atom. The third-order valence-electron chi connectivity index (χ3n) is 2.67. The molecule has 1 nitrogen and oxygen atoms in total. The van der Waals surface area contributed by atoms with E-state index in [1.165, 1.54) is 0 Å². The van der Waals surface area contributed by atoms with E-state index in [9.17, 15) is 9.18 Å². The third-order valence-corrected chi connectivity index (χ3v) is 2.67. The molecule has 2 heteroatoms. The lowest BCUT2D eigenvalue weighted by Crippen LogP contribution is -2.03. The van der Waals surface area contributed by atoms with Gasteiger partial charge in [0, 0.05) is 11.5 Å². The molecule has 1 saturated carbocycles. The molecule has 0 spiro atoms. The van der Waals surface area contributed by atoms with Crippen LogP contribution in [0.4, 0.5) is 4.39 Å². The first-order valence-corrected chi connectivity index (χ1v) is 4.90. The predicted octanol–water partition coefficient (Wildman–Crippen LogP) is 3.04.